The first-order valence-corrected chi connectivity index (χ1v) is 5.98. The molecule has 1 atom stereocenters. The van der Waals surface area contributed by atoms with Crippen LogP contribution in [0.1, 0.15) is 23.7 Å². The Hall–Kier alpha value is -1.66. The fourth-order valence-electron chi connectivity index (χ4n) is 1.76. The summed E-state index contributed by atoms with van der Waals surface area (Å²) in [6, 6.07) is 5.10. The zero-order valence-electron chi connectivity index (χ0n) is 10.3. The Morgan fingerprint density at radius 1 is 1.20 bits per heavy atom. The summed E-state index contributed by atoms with van der Waals surface area (Å²) in [6.07, 6.45) is -1.65. The Bertz CT molecular complexity index is 615. The maximum atomic E-state index is 12.5. The van der Waals surface area contributed by atoms with Gasteiger partial charge in [0.2, 0.25) is 0 Å². The van der Waals surface area contributed by atoms with E-state index < -0.39 is 22.6 Å². The number of aromatic nitrogens is 2. The van der Waals surface area contributed by atoms with Gasteiger partial charge >= 0.3 is 6.18 Å². The summed E-state index contributed by atoms with van der Waals surface area (Å²) in [5.74, 6) is 0. The van der Waals surface area contributed by atoms with E-state index in [0.29, 0.717) is 5.56 Å². The average molecular weight is 303 g/mol. The van der Waals surface area contributed by atoms with Crippen LogP contribution >= 0.6 is 11.6 Å². The lowest BCUT2D eigenvalue weighted by atomic mass is 9.90. The van der Waals surface area contributed by atoms with Gasteiger partial charge in [-0.05, 0) is 19.1 Å². The second-order valence-electron chi connectivity index (χ2n) is 4.35. The van der Waals surface area contributed by atoms with E-state index in [1.165, 1.54) is 19.3 Å². The monoisotopic (exact) mass is 302 g/mol. The lowest BCUT2D eigenvalue weighted by Crippen LogP contribution is -2.24. The molecule has 0 amide bonds. The largest absolute Gasteiger partial charge is 0.433 e. The van der Waals surface area contributed by atoms with Gasteiger partial charge in [0.05, 0.1) is 0 Å². The quantitative estimate of drug-likeness (QED) is 0.865. The van der Waals surface area contributed by atoms with E-state index in [1.807, 2.05) is 0 Å². The second kappa shape index (κ2) is 5.03. The van der Waals surface area contributed by atoms with E-state index in [-0.39, 0.29) is 5.56 Å². The third-order valence-electron chi connectivity index (χ3n) is 2.89. The molecule has 0 saturated heterocycles. The molecule has 0 aliphatic rings. The van der Waals surface area contributed by atoms with Crippen molar-refractivity contribution in [1.82, 2.24) is 9.97 Å². The third-order valence-corrected chi connectivity index (χ3v) is 3.18. The SMILES string of the molecule is CC(O)(c1cccnc1)c1ccc(C(F)(F)F)nc1Cl. The minimum Gasteiger partial charge on any atom is -0.381 e. The minimum atomic E-state index is -4.58. The van der Waals surface area contributed by atoms with Crippen molar-refractivity contribution in [3.63, 3.8) is 0 Å². The van der Waals surface area contributed by atoms with Crippen molar-refractivity contribution in [2.45, 2.75) is 18.7 Å². The topological polar surface area (TPSA) is 46.0 Å². The Morgan fingerprint density at radius 3 is 2.40 bits per heavy atom. The van der Waals surface area contributed by atoms with Crippen LogP contribution in [0.4, 0.5) is 13.2 Å². The van der Waals surface area contributed by atoms with Crippen LogP contribution in [0.15, 0.2) is 36.7 Å². The summed E-state index contributed by atoms with van der Waals surface area (Å²) in [6.45, 7) is 1.42. The van der Waals surface area contributed by atoms with Gasteiger partial charge in [-0.25, -0.2) is 4.98 Å². The van der Waals surface area contributed by atoms with Crippen molar-refractivity contribution >= 4 is 11.6 Å². The van der Waals surface area contributed by atoms with Gasteiger partial charge in [-0.2, -0.15) is 13.2 Å². The zero-order valence-corrected chi connectivity index (χ0v) is 11.1. The van der Waals surface area contributed by atoms with E-state index in [0.717, 1.165) is 12.1 Å². The standard InChI is InChI=1S/C13H10ClF3N2O/c1-12(20,8-3-2-6-18-7-8)9-4-5-10(13(15,16)17)19-11(9)14/h2-7,20H,1H3. The Morgan fingerprint density at radius 2 is 1.90 bits per heavy atom. The molecular formula is C13H10ClF3N2O. The minimum absolute atomic E-state index is 0.0835. The van der Waals surface area contributed by atoms with E-state index in [4.69, 9.17) is 11.6 Å². The Balaban J connectivity index is 2.48. The highest BCUT2D eigenvalue weighted by Crippen LogP contribution is 2.35. The van der Waals surface area contributed by atoms with E-state index in [9.17, 15) is 18.3 Å². The van der Waals surface area contributed by atoms with Crippen LogP contribution in [0.2, 0.25) is 5.15 Å². The highest BCUT2D eigenvalue weighted by molar-refractivity contribution is 6.30. The molecule has 0 aliphatic heterocycles. The van der Waals surface area contributed by atoms with Crippen LogP contribution in [-0.2, 0) is 11.8 Å². The van der Waals surface area contributed by atoms with Gasteiger partial charge in [-0.15, -0.1) is 0 Å². The summed E-state index contributed by atoms with van der Waals surface area (Å²) in [4.78, 5) is 7.16. The number of rotatable bonds is 2. The number of halogens is 4. The van der Waals surface area contributed by atoms with Crippen LogP contribution in [0, 0.1) is 0 Å². The molecule has 3 nitrogen and oxygen atoms in total. The van der Waals surface area contributed by atoms with Crippen molar-refractivity contribution in [2.75, 3.05) is 0 Å². The molecule has 0 aliphatic carbocycles. The maximum Gasteiger partial charge on any atom is 0.433 e. The van der Waals surface area contributed by atoms with Gasteiger partial charge < -0.3 is 5.11 Å². The van der Waals surface area contributed by atoms with Gasteiger partial charge in [0, 0.05) is 23.5 Å². The van der Waals surface area contributed by atoms with Crippen LogP contribution in [-0.4, -0.2) is 15.1 Å². The second-order valence-corrected chi connectivity index (χ2v) is 4.70. The fourth-order valence-corrected chi connectivity index (χ4v) is 2.10. The molecule has 20 heavy (non-hydrogen) atoms. The predicted octanol–water partition coefficient (Wildman–Crippen LogP) is 3.40. The zero-order chi connectivity index (χ0) is 15.0. The molecule has 2 aromatic heterocycles. The molecule has 0 aromatic carbocycles. The van der Waals surface area contributed by atoms with Crippen molar-refractivity contribution < 1.29 is 18.3 Å². The molecule has 0 spiro atoms. The molecule has 1 unspecified atom stereocenters. The molecule has 2 heterocycles. The number of alkyl halides is 3. The average Bonchev–Trinajstić information content (AvgIpc) is 2.38. The van der Waals surface area contributed by atoms with Crippen LogP contribution < -0.4 is 0 Å². The normalized spacial score (nSPS) is 14.9. The molecule has 1 N–H and O–H groups in total. The van der Waals surface area contributed by atoms with Gasteiger partial charge in [-0.1, -0.05) is 23.7 Å². The van der Waals surface area contributed by atoms with Gasteiger partial charge in [-0.3, -0.25) is 4.98 Å². The number of pyridine rings is 2. The predicted molar refractivity (Wildman–Crippen MR) is 67.2 cm³/mol. The smallest absolute Gasteiger partial charge is 0.381 e. The Kier molecular flexibility index (Phi) is 3.71. The van der Waals surface area contributed by atoms with Gasteiger partial charge in [0.15, 0.2) is 0 Å². The molecule has 2 rings (SSSR count). The van der Waals surface area contributed by atoms with Gasteiger partial charge in [0.25, 0.3) is 0 Å². The van der Waals surface area contributed by atoms with Crippen molar-refractivity contribution in [3.05, 3.63) is 58.6 Å². The summed E-state index contributed by atoms with van der Waals surface area (Å²) in [7, 11) is 0. The summed E-state index contributed by atoms with van der Waals surface area (Å²) >= 11 is 5.78. The molecule has 106 valence electrons. The van der Waals surface area contributed by atoms with Crippen LogP contribution in [0.25, 0.3) is 0 Å². The first-order chi connectivity index (χ1) is 9.23. The molecule has 0 saturated carbocycles. The molecular weight excluding hydrogens is 293 g/mol. The van der Waals surface area contributed by atoms with Crippen molar-refractivity contribution in [1.29, 1.82) is 0 Å². The van der Waals surface area contributed by atoms with Crippen molar-refractivity contribution in [2.24, 2.45) is 0 Å². The number of hydrogen-bond acceptors (Lipinski definition) is 3. The number of nitrogens with zero attached hydrogens (tertiary/aromatic N) is 2. The highest BCUT2D eigenvalue weighted by Gasteiger charge is 2.35. The Labute approximate surface area is 118 Å². The molecule has 7 heteroatoms. The number of hydrogen-bond donors (Lipinski definition) is 1. The summed E-state index contributed by atoms with van der Waals surface area (Å²) in [5.41, 5.74) is -2.19. The van der Waals surface area contributed by atoms with Gasteiger partial charge in [0.1, 0.15) is 16.4 Å². The first kappa shape index (κ1) is 14.7. The van der Waals surface area contributed by atoms with E-state index in [1.54, 1.807) is 12.1 Å². The molecule has 0 bridgehead atoms. The summed E-state index contributed by atoms with van der Waals surface area (Å²) < 4.78 is 37.6. The van der Waals surface area contributed by atoms with E-state index in [2.05, 4.69) is 9.97 Å². The number of aliphatic hydroxyl groups is 1. The van der Waals surface area contributed by atoms with Crippen LogP contribution in [0.5, 0.6) is 0 Å². The molecule has 0 radical (unpaired) electrons. The molecule has 2 aromatic rings. The summed E-state index contributed by atoms with van der Waals surface area (Å²) in [5, 5.41) is 10.1. The van der Waals surface area contributed by atoms with Crippen LogP contribution in [0.3, 0.4) is 0 Å². The molecule has 0 fully saturated rings. The highest BCUT2D eigenvalue weighted by atomic mass is 35.5. The first-order valence-electron chi connectivity index (χ1n) is 5.60. The van der Waals surface area contributed by atoms with E-state index >= 15 is 0 Å². The maximum absolute atomic E-state index is 12.5. The fraction of sp³-hybridized carbons (Fsp3) is 0.231. The van der Waals surface area contributed by atoms with Crippen molar-refractivity contribution in [3.8, 4) is 0 Å². The lowest BCUT2D eigenvalue weighted by molar-refractivity contribution is -0.141. The lowest BCUT2D eigenvalue weighted by Gasteiger charge is -2.25. The third kappa shape index (κ3) is 2.76.